The largest absolute Gasteiger partial charge is 0.416 e. The van der Waals surface area contributed by atoms with Crippen molar-refractivity contribution in [1.29, 1.82) is 0 Å². The zero-order valence-corrected chi connectivity index (χ0v) is 19.8. The minimum absolute atomic E-state index is 0.00457. The first-order chi connectivity index (χ1) is 16.6. The molecule has 180 valence electrons. The van der Waals surface area contributed by atoms with Crippen LogP contribution in [0, 0.1) is 6.92 Å². The molecule has 2 aromatic carbocycles. The first-order valence-electron chi connectivity index (χ1n) is 11.7. The summed E-state index contributed by atoms with van der Waals surface area (Å²) in [4.78, 5) is 13.4. The fourth-order valence-electron chi connectivity index (χ4n) is 5.12. The number of aromatic nitrogens is 2. The van der Waals surface area contributed by atoms with Gasteiger partial charge in [0.1, 0.15) is 0 Å². The Morgan fingerprint density at radius 1 is 1.06 bits per heavy atom. The summed E-state index contributed by atoms with van der Waals surface area (Å²) in [6, 6.07) is 16.9. The number of hydrogen-bond donors (Lipinski definition) is 1. The zero-order valence-electron chi connectivity index (χ0n) is 19.8. The zero-order chi connectivity index (χ0) is 24.9. The van der Waals surface area contributed by atoms with E-state index < -0.39 is 11.7 Å². The van der Waals surface area contributed by atoms with Crippen LogP contribution in [0.15, 0.2) is 60.7 Å². The second-order valence-corrected chi connectivity index (χ2v) is 9.38. The highest BCUT2D eigenvalue weighted by atomic mass is 19.4. The van der Waals surface area contributed by atoms with Crippen molar-refractivity contribution in [2.24, 2.45) is 0 Å². The van der Waals surface area contributed by atoms with Crippen molar-refractivity contribution in [3.05, 3.63) is 94.3 Å². The predicted molar refractivity (Wildman–Crippen MR) is 129 cm³/mol. The highest BCUT2D eigenvalue weighted by molar-refractivity contribution is 5.97. The summed E-state index contributed by atoms with van der Waals surface area (Å²) in [6.45, 7) is 5.84. The van der Waals surface area contributed by atoms with Gasteiger partial charge in [0.2, 0.25) is 0 Å². The lowest BCUT2D eigenvalue weighted by Crippen LogP contribution is -2.29. The molecule has 1 N–H and O–H groups in total. The van der Waals surface area contributed by atoms with E-state index in [1.165, 1.54) is 17.7 Å². The summed E-state index contributed by atoms with van der Waals surface area (Å²) < 4.78 is 40.9. The van der Waals surface area contributed by atoms with Crippen molar-refractivity contribution in [3.8, 4) is 11.1 Å². The third-order valence-corrected chi connectivity index (χ3v) is 6.74. The van der Waals surface area contributed by atoms with Crippen molar-refractivity contribution in [2.45, 2.75) is 51.7 Å². The van der Waals surface area contributed by atoms with Crippen molar-refractivity contribution in [2.75, 3.05) is 0 Å². The Hall–Kier alpha value is -3.61. The molecule has 4 aromatic rings. The van der Waals surface area contributed by atoms with Crippen LogP contribution >= 0.6 is 0 Å². The van der Waals surface area contributed by atoms with Gasteiger partial charge in [-0.15, -0.1) is 0 Å². The Labute approximate surface area is 201 Å². The normalized spacial score (nSPS) is 15.6. The standard InChI is InChI=1S/C28H26F3N3O/c1-16(2)26-22(27(35)32-23-14-10-18-6-4-5-7-21(18)23)13-15-24-25(17(3)33-34(24)26)19-8-11-20(12-9-19)28(29,30)31/h4-9,11-13,15-16,23H,10,14H2,1-3H3,(H,32,35)/t23-/m0/s1. The fourth-order valence-corrected chi connectivity index (χ4v) is 5.12. The van der Waals surface area contributed by atoms with E-state index >= 15 is 0 Å². The van der Waals surface area contributed by atoms with E-state index in [9.17, 15) is 18.0 Å². The minimum Gasteiger partial charge on any atom is -0.345 e. The van der Waals surface area contributed by atoms with Gasteiger partial charge < -0.3 is 5.32 Å². The number of halogens is 3. The van der Waals surface area contributed by atoms with Gasteiger partial charge in [0, 0.05) is 5.56 Å². The summed E-state index contributed by atoms with van der Waals surface area (Å²) >= 11 is 0. The van der Waals surface area contributed by atoms with Gasteiger partial charge in [-0.2, -0.15) is 18.3 Å². The molecule has 0 saturated heterocycles. The molecule has 35 heavy (non-hydrogen) atoms. The van der Waals surface area contributed by atoms with Crippen molar-refractivity contribution < 1.29 is 18.0 Å². The van der Waals surface area contributed by atoms with Crippen LogP contribution in [-0.2, 0) is 12.6 Å². The number of carbonyl (C=O) groups excluding carboxylic acids is 1. The average Bonchev–Trinajstić information content (AvgIpc) is 3.37. The van der Waals surface area contributed by atoms with Crippen LogP contribution in [0.3, 0.4) is 0 Å². The van der Waals surface area contributed by atoms with Crippen LogP contribution in [-0.4, -0.2) is 15.5 Å². The van der Waals surface area contributed by atoms with Crippen LogP contribution in [0.1, 0.15) is 70.7 Å². The number of benzene rings is 2. The van der Waals surface area contributed by atoms with Crippen LogP contribution in [0.4, 0.5) is 13.2 Å². The lowest BCUT2D eigenvalue weighted by atomic mass is 9.99. The van der Waals surface area contributed by atoms with Crippen LogP contribution < -0.4 is 5.32 Å². The molecule has 0 fully saturated rings. The number of nitrogens with one attached hydrogen (secondary N) is 1. The maximum Gasteiger partial charge on any atom is 0.416 e. The number of alkyl halides is 3. The minimum atomic E-state index is -4.39. The van der Waals surface area contributed by atoms with Gasteiger partial charge in [-0.25, -0.2) is 4.52 Å². The Bertz CT molecular complexity index is 1420. The molecule has 5 rings (SSSR count). The van der Waals surface area contributed by atoms with E-state index in [0.29, 0.717) is 16.8 Å². The molecule has 0 radical (unpaired) electrons. The molecular formula is C28H26F3N3O. The molecule has 1 aliphatic rings. The Morgan fingerprint density at radius 3 is 2.46 bits per heavy atom. The van der Waals surface area contributed by atoms with Gasteiger partial charge in [0.25, 0.3) is 5.91 Å². The van der Waals surface area contributed by atoms with Gasteiger partial charge in [-0.05, 0) is 66.6 Å². The highest BCUT2D eigenvalue weighted by Gasteiger charge is 2.30. The number of pyridine rings is 1. The number of amides is 1. The lowest BCUT2D eigenvalue weighted by molar-refractivity contribution is -0.137. The van der Waals surface area contributed by atoms with Gasteiger partial charge in [0.15, 0.2) is 0 Å². The first kappa shape index (κ1) is 23.1. The fraction of sp³-hybridized carbons (Fsp3) is 0.286. The number of hydrogen-bond acceptors (Lipinski definition) is 2. The third kappa shape index (κ3) is 4.09. The molecule has 0 spiro atoms. The predicted octanol–water partition coefficient (Wildman–Crippen LogP) is 6.87. The smallest absolute Gasteiger partial charge is 0.345 e. The monoisotopic (exact) mass is 477 g/mol. The van der Waals surface area contributed by atoms with E-state index in [4.69, 9.17) is 5.10 Å². The summed E-state index contributed by atoms with van der Waals surface area (Å²) in [7, 11) is 0. The second-order valence-electron chi connectivity index (χ2n) is 9.38. The third-order valence-electron chi connectivity index (χ3n) is 6.74. The molecule has 2 heterocycles. The summed E-state index contributed by atoms with van der Waals surface area (Å²) in [5.41, 5.74) is 5.92. The van der Waals surface area contributed by atoms with E-state index in [-0.39, 0.29) is 17.9 Å². The molecule has 2 aromatic heterocycles. The summed E-state index contributed by atoms with van der Waals surface area (Å²) in [6.07, 6.45) is -2.59. The van der Waals surface area contributed by atoms with Crippen LogP contribution in [0.5, 0.6) is 0 Å². The van der Waals surface area contributed by atoms with Gasteiger partial charge in [-0.3, -0.25) is 4.79 Å². The van der Waals surface area contributed by atoms with Crippen molar-refractivity contribution in [1.82, 2.24) is 14.9 Å². The second kappa shape index (κ2) is 8.56. The summed E-state index contributed by atoms with van der Waals surface area (Å²) in [5, 5.41) is 7.91. The first-order valence-corrected chi connectivity index (χ1v) is 11.7. The number of nitrogens with zero attached hydrogens (tertiary/aromatic N) is 2. The van der Waals surface area contributed by atoms with Gasteiger partial charge in [0.05, 0.1) is 34.1 Å². The maximum atomic E-state index is 13.4. The molecule has 0 saturated carbocycles. The van der Waals surface area contributed by atoms with Crippen LogP contribution in [0.25, 0.3) is 16.6 Å². The van der Waals surface area contributed by atoms with E-state index in [1.807, 2.05) is 39.0 Å². The lowest BCUT2D eigenvalue weighted by Gasteiger charge is -2.18. The number of fused-ring (bicyclic) bond motifs is 2. The van der Waals surface area contributed by atoms with Crippen molar-refractivity contribution >= 4 is 11.4 Å². The highest BCUT2D eigenvalue weighted by Crippen LogP contribution is 2.36. The Kier molecular flexibility index (Phi) is 5.66. The van der Waals surface area contributed by atoms with Gasteiger partial charge in [-0.1, -0.05) is 50.2 Å². The number of rotatable bonds is 4. The molecule has 0 unspecified atom stereocenters. The Morgan fingerprint density at radius 2 is 1.77 bits per heavy atom. The quantitative estimate of drug-likeness (QED) is 0.349. The van der Waals surface area contributed by atoms with E-state index in [2.05, 4.69) is 17.4 Å². The average molecular weight is 478 g/mol. The van der Waals surface area contributed by atoms with E-state index in [0.717, 1.165) is 47.3 Å². The molecule has 0 aliphatic heterocycles. The number of aryl methyl sites for hydroxylation is 2. The maximum absolute atomic E-state index is 13.4. The topological polar surface area (TPSA) is 46.4 Å². The van der Waals surface area contributed by atoms with Crippen molar-refractivity contribution in [3.63, 3.8) is 0 Å². The van der Waals surface area contributed by atoms with Gasteiger partial charge >= 0.3 is 6.18 Å². The molecule has 1 amide bonds. The molecule has 4 nitrogen and oxygen atoms in total. The summed E-state index contributed by atoms with van der Waals surface area (Å²) in [5.74, 6) is -0.156. The molecule has 0 bridgehead atoms. The molecular weight excluding hydrogens is 451 g/mol. The van der Waals surface area contributed by atoms with Crippen LogP contribution in [0.2, 0.25) is 0 Å². The number of carbonyl (C=O) groups is 1. The molecule has 1 atom stereocenters. The molecule has 1 aliphatic carbocycles. The van der Waals surface area contributed by atoms with E-state index in [1.54, 1.807) is 10.6 Å². The SMILES string of the molecule is Cc1nn2c(C(C)C)c(C(=O)N[C@H]3CCc4ccccc43)ccc2c1-c1ccc(C(F)(F)F)cc1. The molecule has 7 heteroatoms. The Balaban J connectivity index is 1.54.